The van der Waals surface area contributed by atoms with Crippen LogP contribution in [0.4, 0.5) is 5.69 Å². The summed E-state index contributed by atoms with van der Waals surface area (Å²) < 4.78 is 0. The van der Waals surface area contributed by atoms with E-state index in [1.807, 2.05) is 27.0 Å². The van der Waals surface area contributed by atoms with Gasteiger partial charge >= 0.3 is 0 Å². The molecule has 2 rings (SSSR count). The molecule has 1 aliphatic rings. The molecule has 106 valence electrons. The average Bonchev–Trinajstić information content (AvgIpc) is 2.39. The standard InChI is InChI=1S/C14H18N4OS/c1-14(2,3)18-13(19)12(20-4)11(9-16-18)17-10-5-7-15-8-6-10/h5-9,12H,1-4H3. The zero-order valence-corrected chi connectivity index (χ0v) is 12.9. The second kappa shape index (κ2) is 5.75. The number of nitrogens with zero attached hydrogens (tertiary/aromatic N) is 4. The van der Waals surface area contributed by atoms with Gasteiger partial charge in [0.25, 0.3) is 5.91 Å². The summed E-state index contributed by atoms with van der Waals surface area (Å²) in [5.74, 6) is -0.0275. The van der Waals surface area contributed by atoms with E-state index in [4.69, 9.17) is 0 Å². The molecule has 5 nitrogen and oxygen atoms in total. The molecule has 1 atom stereocenters. The largest absolute Gasteiger partial charge is 0.271 e. The third-order valence-corrected chi connectivity index (χ3v) is 3.71. The topological polar surface area (TPSA) is 57.9 Å². The SMILES string of the molecule is CSC1C(=O)N(C(C)(C)C)N=CC1=Nc1ccncc1. The minimum absolute atomic E-state index is 0.0275. The zero-order valence-electron chi connectivity index (χ0n) is 12.1. The predicted molar refractivity (Wildman–Crippen MR) is 83.7 cm³/mol. The van der Waals surface area contributed by atoms with Crippen molar-refractivity contribution in [1.29, 1.82) is 0 Å². The van der Waals surface area contributed by atoms with Gasteiger partial charge in [-0.05, 0) is 39.2 Å². The van der Waals surface area contributed by atoms with Gasteiger partial charge in [-0.2, -0.15) is 5.10 Å². The molecular formula is C14H18N4OS. The van der Waals surface area contributed by atoms with Crippen LogP contribution < -0.4 is 0 Å². The molecule has 0 bridgehead atoms. The first kappa shape index (κ1) is 14.7. The highest BCUT2D eigenvalue weighted by atomic mass is 32.2. The Morgan fingerprint density at radius 3 is 2.50 bits per heavy atom. The number of rotatable bonds is 2. The van der Waals surface area contributed by atoms with E-state index in [0.717, 1.165) is 5.69 Å². The van der Waals surface area contributed by atoms with Crippen LogP contribution in [0.2, 0.25) is 0 Å². The first-order valence-electron chi connectivity index (χ1n) is 6.33. The maximum absolute atomic E-state index is 12.5. The summed E-state index contributed by atoms with van der Waals surface area (Å²) in [5.41, 5.74) is 1.12. The first-order valence-corrected chi connectivity index (χ1v) is 7.62. The summed E-state index contributed by atoms with van der Waals surface area (Å²) in [5, 5.41) is 5.46. The Morgan fingerprint density at radius 1 is 1.30 bits per heavy atom. The van der Waals surface area contributed by atoms with E-state index in [1.165, 1.54) is 16.8 Å². The van der Waals surface area contributed by atoms with Crippen molar-refractivity contribution in [3.63, 3.8) is 0 Å². The van der Waals surface area contributed by atoms with Crippen LogP contribution in [0.5, 0.6) is 0 Å². The lowest BCUT2D eigenvalue weighted by Crippen LogP contribution is -2.51. The Bertz CT molecular complexity index is 548. The zero-order chi connectivity index (χ0) is 14.8. The van der Waals surface area contributed by atoms with Crippen molar-refractivity contribution in [3.05, 3.63) is 24.5 Å². The summed E-state index contributed by atoms with van der Waals surface area (Å²) >= 11 is 1.47. The van der Waals surface area contributed by atoms with Gasteiger partial charge in [-0.15, -0.1) is 11.8 Å². The molecule has 1 aromatic heterocycles. The van der Waals surface area contributed by atoms with E-state index in [9.17, 15) is 4.79 Å². The van der Waals surface area contributed by atoms with E-state index in [1.54, 1.807) is 30.7 Å². The Kier molecular flexibility index (Phi) is 4.23. The van der Waals surface area contributed by atoms with Crippen LogP contribution in [-0.2, 0) is 4.79 Å². The minimum Gasteiger partial charge on any atom is -0.271 e. The minimum atomic E-state index is -0.330. The molecule has 1 unspecified atom stereocenters. The number of carbonyl (C=O) groups excluding carboxylic acids is 1. The number of amides is 1. The van der Waals surface area contributed by atoms with E-state index >= 15 is 0 Å². The van der Waals surface area contributed by atoms with Crippen LogP contribution in [0.25, 0.3) is 0 Å². The lowest BCUT2D eigenvalue weighted by Gasteiger charge is -2.35. The summed E-state index contributed by atoms with van der Waals surface area (Å²) in [6, 6.07) is 3.61. The molecule has 1 amide bonds. The number of hydrazone groups is 1. The second-order valence-electron chi connectivity index (χ2n) is 5.42. The van der Waals surface area contributed by atoms with Crippen LogP contribution in [0.15, 0.2) is 34.6 Å². The molecule has 0 saturated heterocycles. The molecule has 6 heteroatoms. The fourth-order valence-corrected chi connectivity index (χ4v) is 2.52. The second-order valence-corrected chi connectivity index (χ2v) is 6.37. The van der Waals surface area contributed by atoms with Gasteiger partial charge in [0.05, 0.1) is 23.2 Å². The highest BCUT2D eigenvalue weighted by Gasteiger charge is 2.36. The fourth-order valence-electron chi connectivity index (χ4n) is 1.86. The molecule has 2 heterocycles. The van der Waals surface area contributed by atoms with E-state index < -0.39 is 0 Å². The number of aromatic nitrogens is 1. The Balaban J connectivity index is 2.37. The van der Waals surface area contributed by atoms with Gasteiger partial charge in [-0.25, -0.2) is 10.0 Å². The first-order chi connectivity index (χ1) is 9.43. The number of pyridine rings is 1. The van der Waals surface area contributed by atoms with Crippen molar-refractivity contribution in [2.24, 2.45) is 10.1 Å². The lowest BCUT2D eigenvalue weighted by atomic mass is 10.1. The predicted octanol–water partition coefficient (Wildman–Crippen LogP) is 2.51. The van der Waals surface area contributed by atoms with Gasteiger partial charge in [-0.3, -0.25) is 9.78 Å². The molecular weight excluding hydrogens is 272 g/mol. The van der Waals surface area contributed by atoms with Crippen molar-refractivity contribution in [1.82, 2.24) is 9.99 Å². The summed E-state index contributed by atoms with van der Waals surface area (Å²) in [6.45, 7) is 5.89. The smallest absolute Gasteiger partial charge is 0.262 e. The third-order valence-electron chi connectivity index (χ3n) is 2.80. The summed E-state index contributed by atoms with van der Waals surface area (Å²) in [6.07, 6.45) is 6.94. The number of thioether (sulfide) groups is 1. The maximum atomic E-state index is 12.5. The lowest BCUT2D eigenvalue weighted by molar-refractivity contribution is -0.134. The van der Waals surface area contributed by atoms with Crippen molar-refractivity contribution in [2.75, 3.05) is 6.26 Å². The van der Waals surface area contributed by atoms with Crippen molar-refractivity contribution in [3.8, 4) is 0 Å². The van der Waals surface area contributed by atoms with Crippen LogP contribution >= 0.6 is 11.8 Å². The average molecular weight is 290 g/mol. The molecule has 1 aromatic rings. The highest BCUT2D eigenvalue weighted by molar-refractivity contribution is 8.00. The van der Waals surface area contributed by atoms with Gasteiger partial charge in [0.1, 0.15) is 5.25 Å². The Hall–Kier alpha value is -1.69. The van der Waals surface area contributed by atoms with Gasteiger partial charge in [0, 0.05) is 12.4 Å². The highest BCUT2D eigenvalue weighted by Crippen LogP contribution is 2.24. The van der Waals surface area contributed by atoms with E-state index in [0.29, 0.717) is 5.71 Å². The molecule has 1 aliphatic heterocycles. The van der Waals surface area contributed by atoms with Gasteiger partial charge in [0.15, 0.2) is 0 Å². The molecule has 0 radical (unpaired) electrons. The van der Waals surface area contributed by atoms with Gasteiger partial charge < -0.3 is 0 Å². The van der Waals surface area contributed by atoms with Crippen molar-refractivity contribution < 1.29 is 4.79 Å². The van der Waals surface area contributed by atoms with Gasteiger partial charge in [-0.1, -0.05) is 0 Å². The number of aliphatic imine (C=N–C) groups is 1. The normalized spacial score (nSPS) is 21.6. The fraction of sp³-hybridized carbons (Fsp3) is 0.429. The monoisotopic (exact) mass is 290 g/mol. The number of hydrogen-bond acceptors (Lipinski definition) is 5. The summed E-state index contributed by atoms with van der Waals surface area (Å²) in [7, 11) is 0. The molecule has 0 aromatic carbocycles. The molecule has 20 heavy (non-hydrogen) atoms. The van der Waals surface area contributed by atoms with Crippen LogP contribution in [0, 0.1) is 0 Å². The molecule has 0 N–H and O–H groups in total. The molecule has 0 aliphatic carbocycles. The molecule has 0 saturated carbocycles. The molecule has 0 fully saturated rings. The number of hydrogen-bond donors (Lipinski definition) is 0. The summed E-state index contributed by atoms with van der Waals surface area (Å²) in [4.78, 5) is 21.0. The van der Waals surface area contributed by atoms with Crippen molar-refractivity contribution in [2.45, 2.75) is 31.6 Å². The van der Waals surface area contributed by atoms with E-state index in [-0.39, 0.29) is 16.7 Å². The van der Waals surface area contributed by atoms with Gasteiger partial charge in [0.2, 0.25) is 0 Å². The van der Waals surface area contributed by atoms with Crippen LogP contribution in [0.1, 0.15) is 20.8 Å². The Morgan fingerprint density at radius 2 is 1.95 bits per heavy atom. The van der Waals surface area contributed by atoms with Crippen LogP contribution in [-0.4, -0.2) is 44.9 Å². The van der Waals surface area contributed by atoms with E-state index in [2.05, 4.69) is 15.1 Å². The number of carbonyl (C=O) groups is 1. The van der Waals surface area contributed by atoms with Crippen molar-refractivity contribution >= 4 is 35.3 Å². The molecule has 0 spiro atoms. The Labute approximate surface area is 123 Å². The van der Waals surface area contributed by atoms with Crippen LogP contribution in [0.3, 0.4) is 0 Å². The maximum Gasteiger partial charge on any atom is 0.262 e. The third kappa shape index (κ3) is 3.07. The quantitative estimate of drug-likeness (QED) is 0.841.